The van der Waals surface area contributed by atoms with Gasteiger partial charge in [-0.1, -0.05) is 24.3 Å². The fraction of sp³-hybridized carbons (Fsp3) is 0.167. The number of rotatable bonds is 7. The summed E-state index contributed by atoms with van der Waals surface area (Å²) in [5, 5.41) is 6.27. The van der Waals surface area contributed by atoms with Gasteiger partial charge in [-0.25, -0.2) is 9.78 Å². The molecule has 4 N–H and O–H groups in total. The lowest BCUT2D eigenvalue weighted by atomic mass is 10.1. The Hall–Kier alpha value is -5.10. The van der Waals surface area contributed by atoms with Crippen LogP contribution in [-0.2, 0) is 12.6 Å². The van der Waals surface area contributed by atoms with Crippen LogP contribution in [0.2, 0.25) is 0 Å². The van der Waals surface area contributed by atoms with Crippen LogP contribution in [0.15, 0.2) is 77.7 Å². The Balaban J connectivity index is 1.45. The highest BCUT2D eigenvalue weighted by Crippen LogP contribution is 2.30. The van der Waals surface area contributed by atoms with Crippen molar-refractivity contribution >= 4 is 34.3 Å². The zero-order chi connectivity index (χ0) is 30.0. The molecule has 5 rings (SSSR count). The summed E-state index contributed by atoms with van der Waals surface area (Å²) >= 11 is 0. The topological polar surface area (TPSA) is 128 Å². The van der Waals surface area contributed by atoms with Crippen molar-refractivity contribution < 1.29 is 18.0 Å². The molecule has 0 fully saturated rings. The lowest BCUT2D eigenvalue weighted by molar-refractivity contribution is -0.137. The summed E-state index contributed by atoms with van der Waals surface area (Å²) in [6.45, 7) is 4.04. The summed E-state index contributed by atoms with van der Waals surface area (Å²) in [5.74, 6) is -0.453. The van der Waals surface area contributed by atoms with E-state index in [0.717, 1.165) is 29.8 Å². The van der Waals surface area contributed by atoms with Gasteiger partial charge in [0.15, 0.2) is 5.65 Å². The minimum Gasteiger partial charge on any atom is -0.330 e. The van der Waals surface area contributed by atoms with Gasteiger partial charge in [-0.15, -0.1) is 0 Å². The standard InChI is InChI=1S/C30H26F3N7O2/c1-17-9-10-23(36-27(41)20-6-4-7-21(14-20)30(31,32)33)15-25(17)40-18(2)24-16-35-28(38-26(24)39-29(40)42)37-22-8-3-5-19(13-22)11-12-34/h3-10,13-16H,11-12,34H2,1-2H3,(H,36,41)(H,37,38,39,42). The Morgan fingerprint density at radius 2 is 1.76 bits per heavy atom. The number of hydrogen-bond donors (Lipinski definition) is 3. The number of anilines is 3. The Labute approximate surface area is 238 Å². The largest absolute Gasteiger partial charge is 0.416 e. The molecule has 0 radical (unpaired) electrons. The first-order chi connectivity index (χ1) is 20.0. The molecule has 2 heterocycles. The monoisotopic (exact) mass is 573 g/mol. The summed E-state index contributed by atoms with van der Waals surface area (Å²) in [4.78, 5) is 39.0. The van der Waals surface area contributed by atoms with Crippen LogP contribution in [0, 0.1) is 13.8 Å². The predicted molar refractivity (Wildman–Crippen MR) is 154 cm³/mol. The third-order valence-electron chi connectivity index (χ3n) is 6.66. The minimum atomic E-state index is -4.58. The van der Waals surface area contributed by atoms with Crippen molar-refractivity contribution in [2.45, 2.75) is 26.4 Å². The molecular formula is C30H26F3N7O2. The number of benzene rings is 3. The third-order valence-corrected chi connectivity index (χ3v) is 6.66. The van der Waals surface area contributed by atoms with Gasteiger partial charge in [-0.3, -0.25) is 9.36 Å². The van der Waals surface area contributed by atoms with E-state index in [1.807, 2.05) is 24.3 Å². The first-order valence-corrected chi connectivity index (χ1v) is 13.0. The van der Waals surface area contributed by atoms with E-state index in [1.165, 1.54) is 16.7 Å². The van der Waals surface area contributed by atoms with Crippen molar-refractivity contribution in [3.8, 4) is 5.69 Å². The number of nitrogens with two attached hydrogens (primary N) is 1. The minimum absolute atomic E-state index is 0.152. The maximum atomic E-state index is 13.2. The van der Waals surface area contributed by atoms with E-state index in [4.69, 9.17) is 5.73 Å². The van der Waals surface area contributed by atoms with Crippen LogP contribution in [0.3, 0.4) is 0 Å². The zero-order valence-electron chi connectivity index (χ0n) is 22.7. The van der Waals surface area contributed by atoms with Crippen LogP contribution in [-0.4, -0.2) is 32.0 Å². The summed E-state index contributed by atoms with van der Waals surface area (Å²) < 4.78 is 40.7. The highest BCUT2D eigenvalue weighted by molar-refractivity contribution is 6.04. The van der Waals surface area contributed by atoms with Crippen LogP contribution in [0.4, 0.5) is 30.5 Å². The van der Waals surface area contributed by atoms with E-state index in [0.29, 0.717) is 28.9 Å². The second kappa shape index (κ2) is 11.4. The quantitative estimate of drug-likeness (QED) is 0.241. The molecule has 2 aromatic heterocycles. The van der Waals surface area contributed by atoms with E-state index in [2.05, 4.69) is 25.6 Å². The second-order valence-corrected chi connectivity index (χ2v) is 9.64. The van der Waals surface area contributed by atoms with E-state index < -0.39 is 23.3 Å². The number of halogens is 3. The maximum Gasteiger partial charge on any atom is 0.416 e. The van der Waals surface area contributed by atoms with Crippen LogP contribution in [0.25, 0.3) is 16.7 Å². The molecule has 0 atom stereocenters. The number of aryl methyl sites for hydroxylation is 2. The van der Waals surface area contributed by atoms with Crippen molar-refractivity contribution in [1.82, 2.24) is 19.5 Å². The van der Waals surface area contributed by atoms with Crippen molar-refractivity contribution in [3.63, 3.8) is 0 Å². The normalized spacial score (nSPS) is 11.5. The lowest BCUT2D eigenvalue weighted by Crippen LogP contribution is -2.25. The van der Waals surface area contributed by atoms with Gasteiger partial charge < -0.3 is 16.4 Å². The fourth-order valence-electron chi connectivity index (χ4n) is 4.53. The molecule has 42 heavy (non-hydrogen) atoms. The lowest BCUT2D eigenvalue weighted by Gasteiger charge is -2.16. The number of alkyl halides is 3. The molecule has 0 saturated heterocycles. The highest BCUT2D eigenvalue weighted by Gasteiger charge is 2.31. The zero-order valence-corrected chi connectivity index (χ0v) is 22.7. The Morgan fingerprint density at radius 3 is 2.52 bits per heavy atom. The van der Waals surface area contributed by atoms with Gasteiger partial charge in [0, 0.05) is 28.8 Å². The van der Waals surface area contributed by atoms with E-state index in [-0.39, 0.29) is 22.8 Å². The van der Waals surface area contributed by atoms with Gasteiger partial charge >= 0.3 is 11.9 Å². The average Bonchev–Trinajstić information content (AvgIpc) is 2.94. The molecular weight excluding hydrogens is 547 g/mol. The van der Waals surface area contributed by atoms with Crippen molar-refractivity contribution in [2.75, 3.05) is 17.2 Å². The molecule has 3 aromatic carbocycles. The van der Waals surface area contributed by atoms with Crippen LogP contribution in [0.1, 0.15) is 32.7 Å². The summed E-state index contributed by atoms with van der Waals surface area (Å²) in [6.07, 6.45) is -2.28. The van der Waals surface area contributed by atoms with Gasteiger partial charge in [0.05, 0.1) is 16.6 Å². The van der Waals surface area contributed by atoms with Gasteiger partial charge in [-0.05, 0) is 80.4 Å². The molecule has 0 aliphatic rings. The smallest absolute Gasteiger partial charge is 0.330 e. The molecule has 9 nitrogen and oxygen atoms in total. The number of carbonyl (C=O) groups is 1. The number of amides is 1. The van der Waals surface area contributed by atoms with E-state index in [9.17, 15) is 22.8 Å². The van der Waals surface area contributed by atoms with Gasteiger partial charge in [0.25, 0.3) is 5.91 Å². The SMILES string of the molecule is Cc1ccc(NC(=O)c2cccc(C(F)(F)F)c2)cc1-n1c(C)c2cnc(Nc3cccc(CCN)c3)nc2nc1=O. The van der Waals surface area contributed by atoms with Crippen molar-refractivity contribution in [2.24, 2.45) is 5.73 Å². The number of nitrogens with one attached hydrogen (secondary N) is 2. The third kappa shape index (κ3) is 5.98. The molecule has 0 unspecified atom stereocenters. The first-order valence-electron chi connectivity index (χ1n) is 13.0. The highest BCUT2D eigenvalue weighted by atomic mass is 19.4. The Morgan fingerprint density at radius 1 is 0.976 bits per heavy atom. The van der Waals surface area contributed by atoms with Crippen LogP contribution < -0.4 is 22.1 Å². The molecule has 1 amide bonds. The van der Waals surface area contributed by atoms with Gasteiger partial charge in [0.1, 0.15) is 0 Å². The van der Waals surface area contributed by atoms with Crippen molar-refractivity contribution in [1.29, 1.82) is 0 Å². The molecule has 5 aromatic rings. The number of aromatic nitrogens is 4. The van der Waals surface area contributed by atoms with Crippen LogP contribution in [0.5, 0.6) is 0 Å². The number of fused-ring (bicyclic) bond motifs is 1. The number of nitrogens with zero attached hydrogens (tertiary/aromatic N) is 4. The molecule has 0 spiro atoms. The van der Waals surface area contributed by atoms with Gasteiger partial charge in [0.2, 0.25) is 5.95 Å². The molecule has 0 aliphatic heterocycles. The molecule has 0 saturated carbocycles. The average molecular weight is 574 g/mol. The van der Waals surface area contributed by atoms with E-state index in [1.54, 1.807) is 38.2 Å². The molecule has 12 heteroatoms. The van der Waals surface area contributed by atoms with Crippen LogP contribution >= 0.6 is 0 Å². The molecule has 0 bridgehead atoms. The summed E-state index contributed by atoms with van der Waals surface area (Å²) in [7, 11) is 0. The van der Waals surface area contributed by atoms with Crippen molar-refractivity contribution in [3.05, 3.63) is 111 Å². The Kier molecular flexibility index (Phi) is 7.72. The van der Waals surface area contributed by atoms with E-state index >= 15 is 0 Å². The molecule has 214 valence electrons. The maximum absolute atomic E-state index is 13.2. The number of carbonyl (C=O) groups excluding carboxylic acids is 1. The first kappa shape index (κ1) is 28.4. The fourth-order valence-corrected chi connectivity index (χ4v) is 4.53. The predicted octanol–water partition coefficient (Wildman–Crippen LogP) is 5.31. The second-order valence-electron chi connectivity index (χ2n) is 9.64. The Bertz CT molecular complexity index is 1870. The molecule has 0 aliphatic carbocycles. The summed E-state index contributed by atoms with van der Waals surface area (Å²) in [6, 6.07) is 16.7. The number of hydrogen-bond acceptors (Lipinski definition) is 7. The summed E-state index contributed by atoms with van der Waals surface area (Å²) in [5.41, 5.74) is 7.96. The van der Waals surface area contributed by atoms with Gasteiger partial charge in [-0.2, -0.15) is 23.1 Å².